The Kier molecular flexibility index (Phi) is 3.97. The van der Waals surface area contributed by atoms with Crippen molar-refractivity contribution in [2.75, 3.05) is 7.11 Å². The van der Waals surface area contributed by atoms with Crippen molar-refractivity contribution in [2.45, 2.75) is 13.5 Å². The first kappa shape index (κ1) is 13.3. The quantitative estimate of drug-likeness (QED) is 0.858. The number of ether oxygens (including phenoxy) is 1. The third kappa shape index (κ3) is 2.51. The molecule has 3 heteroatoms. The standard InChI is InChI=1S/C16H17NO2/c1-11-6-3-4-8-13(11)15-12(10-17)7-5-9-14(15)16(18)19-2/h3-9H,10,17H2,1-2H3. The average Bonchev–Trinajstić information content (AvgIpc) is 2.46. The molecule has 0 spiro atoms. The zero-order chi connectivity index (χ0) is 13.8. The number of methoxy groups -OCH3 is 1. The van der Waals surface area contributed by atoms with E-state index >= 15 is 0 Å². The minimum atomic E-state index is -0.339. The molecule has 2 aromatic rings. The van der Waals surface area contributed by atoms with Crippen molar-refractivity contribution < 1.29 is 9.53 Å². The lowest BCUT2D eigenvalue weighted by atomic mass is 9.91. The number of rotatable bonds is 3. The minimum Gasteiger partial charge on any atom is -0.465 e. The maximum atomic E-state index is 11.9. The lowest BCUT2D eigenvalue weighted by Gasteiger charge is -2.14. The van der Waals surface area contributed by atoms with Crippen molar-refractivity contribution in [3.63, 3.8) is 0 Å². The molecule has 0 atom stereocenters. The highest BCUT2D eigenvalue weighted by Crippen LogP contribution is 2.30. The van der Waals surface area contributed by atoms with Crippen LogP contribution in [0.25, 0.3) is 11.1 Å². The maximum Gasteiger partial charge on any atom is 0.338 e. The number of carbonyl (C=O) groups excluding carboxylic acids is 1. The normalized spacial score (nSPS) is 10.3. The predicted octanol–water partition coefficient (Wildman–Crippen LogP) is 2.91. The molecule has 0 unspecified atom stereocenters. The fourth-order valence-corrected chi connectivity index (χ4v) is 2.22. The van der Waals surface area contributed by atoms with Gasteiger partial charge in [-0.25, -0.2) is 4.79 Å². The Morgan fingerprint density at radius 1 is 1.16 bits per heavy atom. The monoisotopic (exact) mass is 255 g/mol. The number of hydrogen-bond donors (Lipinski definition) is 1. The van der Waals surface area contributed by atoms with E-state index in [4.69, 9.17) is 10.5 Å². The Bertz CT molecular complexity index is 605. The summed E-state index contributed by atoms with van der Waals surface area (Å²) in [6.07, 6.45) is 0. The van der Waals surface area contributed by atoms with Crippen LogP contribution in [-0.4, -0.2) is 13.1 Å². The van der Waals surface area contributed by atoms with Crippen LogP contribution in [0.15, 0.2) is 42.5 Å². The molecule has 0 amide bonds. The van der Waals surface area contributed by atoms with Crippen molar-refractivity contribution in [3.8, 4) is 11.1 Å². The molecule has 3 nitrogen and oxygen atoms in total. The Labute approximate surface area is 113 Å². The number of nitrogens with two attached hydrogens (primary N) is 1. The molecule has 0 saturated carbocycles. The number of aryl methyl sites for hydroxylation is 1. The van der Waals surface area contributed by atoms with E-state index in [-0.39, 0.29) is 5.97 Å². The topological polar surface area (TPSA) is 52.3 Å². The van der Waals surface area contributed by atoms with Crippen molar-refractivity contribution in [2.24, 2.45) is 5.73 Å². The van der Waals surface area contributed by atoms with Crippen molar-refractivity contribution in [3.05, 3.63) is 59.2 Å². The van der Waals surface area contributed by atoms with Crippen LogP contribution < -0.4 is 5.73 Å². The Morgan fingerprint density at radius 2 is 1.89 bits per heavy atom. The number of carbonyl (C=O) groups is 1. The summed E-state index contributed by atoms with van der Waals surface area (Å²) in [5.74, 6) is -0.339. The largest absolute Gasteiger partial charge is 0.465 e. The van der Waals surface area contributed by atoms with Gasteiger partial charge in [-0.2, -0.15) is 0 Å². The molecule has 0 aliphatic carbocycles. The van der Waals surface area contributed by atoms with Gasteiger partial charge in [0.15, 0.2) is 0 Å². The zero-order valence-corrected chi connectivity index (χ0v) is 11.1. The van der Waals surface area contributed by atoms with Crippen LogP contribution in [-0.2, 0) is 11.3 Å². The first-order valence-electron chi connectivity index (χ1n) is 6.15. The highest BCUT2D eigenvalue weighted by Gasteiger charge is 2.17. The zero-order valence-electron chi connectivity index (χ0n) is 11.1. The van der Waals surface area contributed by atoms with Gasteiger partial charge in [0, 0.05) is 12.1 Å². The number of hydrogen-bond acceptors (Lipinski definition) is 3. The first-order chi connectivity index (χ1) is 9.19. The van der Waals surface area contributed by atoms with Gasteiger partial charge in [0.1, 0.15) is 0 Å². The lowest BCUT2D eigenvalue weighted by Crippen LogP contribution is -2.08. The summed E-state index contributed by atoms with van der Waals surface area (Å²) in [6.45, 7) is 2.40. The van der Waals surface area contributed by atoms with Crippen LogP contribution in [0.5, 0.6) is 0 Å². The number of esters is 1. The molecule has 0 saturated heterocycles. The second-order valence-electron chi connectivity index (χ2n) is 4.35. The van der Waals surface area contributed by atoms with E-state index in [1.54, 1.807) is 6.07 Å². The Balaban J connectivity index is 2.73. The van der Waals surface area contributed by atoms with E-state index in [1.807, 2.05) is 43.3 Å². The number of benzene rings is 2. The molecule has 2 rings (SSSR count). The van der Waals surface area contributed by atoms with Crippen LogP contribution in [0.2, 0.25) is 0 Å². The summed E-state index contributed by atoms with van der Waals surface area (Å²) >= 11 is 0. The fourth-order valence-electron chi connectivity index (χ4n) is 2.22. The molecule has 2 aromatic carbocycles. The van der Waals surface area contributed by atoms with Gasteiger partial charge >= 0.3 is 5.97 Å². The minimum absolute atomic E-state index is 0.339. The van der Waals surface area contributed by atoms with Crippen LogP contribution in [0, 0.1) is 6.92 Å². The van der Waals surface area contributed by atoms with Crippen LogP contribution in [0.1, 0.15) is 21.5 Å². The van der Waals surface area contributed by atoms with Crippen molar-refractivity contribution in [1.29, 1.82) is 0 Å². The highest BCUT2D eigenvalue weighted by molar-refractivity contribution is 5.98. The van der Waals surface area contributed by atoms with Gasteiger partial charge < -0.3 is 10.5 Å². The summed E-state index contributed by atoms with van der Waals surface area (Å²) in [6, 6.07) is 13.5. The van der Waals surface area contributed by atoms with E-state index in [2.05, 4.69) is 0 Å². The highest BCUT2D eigenvalue weighted by atomic mass is 16.5. The second kappa shape index (κ2) is 5.67. The van der Waals surface area contributed by atoms with E-state index in [1.165, 1.54) is 7.11 Å². The van der Waals surface area contributed by atoms with Crippen LogP contribution in [0.3, 0.4) is 0 Å². The van der Waals surface area contributed by atoms with Gasteiger partial charge in [-0.3, -0.25) is 0 Å². The van der Waals surface area contributed by atoms with Gasteiger partial charge in [0.05, 0.1) is 12.7 Å². The van der Waals surface area contributed by atoms with E-state index in [0.717, 1.165) is 22.3 Å². The SMILES string of the molecule is COC(=O)c1cccc(CN)c1-c1ccccc1C. The predicted molar refractivity (Wildman–Crippen MR) is 75.8 cm³/mol. The smallest absolute Gasteiger partial charge is 0.338 e. The van der Waals surface area contributed by atoms with Crippen molar-refractivity contribution in [1.82, 2.24) is 0 Å². The summed E-state index contributed by atoms with van der Waals surface area (Å²) in [5, 5.41) is 0. The van der Waals surface area contributed by atoms with E-state index in [0.29, 0.717) is 12.1 Å². The molecule has 98 valence electrons. The molecule has 0 aliphatic heterocycles. The van der Waals surface area contributed by atoms with Gasteiger partial charge in [-0.15, -0.1) is 0 Å². The van der Waals surface area contributed by atoms with Crippen LogP contribution >= 0.6 is 0 Å². The maximum absolute atomic E-state index is 11.9. The summed E-state index contributed by atoms with van der Waals surface area (Å²) < 4.78 is 4.86. The average molecular weight is 255 g/mol. The summed E-state index contributed by atoms with van der Waals surface area (Å²) in [4.78, 5) is 11.9. The summed E-state index contributed by atoms with van der Waals surface area (Å²) in [5.41, 5.74) is 10.3. The van der Waals surface area contributed by atoms with Gasteiger partial charge in [0.2, 0.25) is 0 Å². The molecule has 19 heavy (non-hydrogen) atoms. The van der Waals surface area contributed by atoms with E-state index in [9.17, 15) is 4.79 Å². The van der Waals surface area contributed by atoms with Crippen LogP contribution in [0.4, 0.5) is 0 Å². The molecule has 0 aliphatic rings. The summed E-state index contributed by atoms with van der Waals surface area (Å²) in [7, 11) is 1.39. The van der Waals surface area contributed by atoms with E-state index < -0.39 is 0 Å². The molecular formula is C16H17NO2. The van der Waals surface area contributed by atoms with Gasteiger partial charge in [-0.1, -0.05) is 36.4 Å². The molecule has 2 N–H and O–H groups in total. The second-order valence-corrected chi connectivity index (χ2v) is 4.35. The Morgan fingerprint density at radius 3 is 2.53 bits per heavy atom. The fraction of sp³-hybridized carbons (Fsp3) is 0.188. The third-order valence-corrected chi connectivity index (χ3v) is 3.19. The molecular weight excluding hydrogens is 238 g/mol. The van der Waals surface area contributed by atoms with Gasteiger partial charge in [-0.05, 0) is 29.7 Å². The molecule has 0 aromatic heterocycles. The van der Waals surface area contributed by atoms with Gasteiger partial charge in [0.25, 0.3) is 0 Å². The first-order valence-corrected chi connectivity index (χ1v) is 6.15. The third-order valence-electron chi connectivity index (χ3n) is 3.19. The lowest BCUT2D eigenvalue weighted by molar-refractivity contribution is 0.0601. The molecule has 0 bridgehead atoms. The molecule has 0 radical (unpaired) electrons. The Hall–Kier alpha value is -2.13. The van der Waals surface area contributed by atoms with Crippen molar-refractivity contribution >= 4 is 5.97 Å². The molecule has 0 heterocycles. The molecule has 0 fully saturated rings.